The second kappa shape index (κ2) is 3.45. The summed E-state index contributed by atoms with van der Waals surface area (Å²) >= 11 is 0. The molecule has 1 atom stereocenters. The smallest absolute Gasteiger partial charge is 0.0421 e. The maximum Gasteiger partial charge on any atom is 0.0421 e. The van der Waals surface area contributed by atoms with Crippen LogP contribution in [-0.4, -0.2) is 0 Å². The maximum absolute atomic E-state index is 5.35. The van der Waals surface area contributed by atoms with Crippen molar-refractivity contribution in [2.24, 2.45) is 0 Å². The van der Waals surface area contributed by atoms with Crippen LogP contribution in [0, 0.1) is 26.2 Å². The van der Waals surface area contributed by atoms with Crippen molar-refractivity contribution in [3.8, 4) is 12.3 Å². The minimum Gasteiger partial charge on any atom is -0.119 e. The van der Waals surface area contributed by atoms with Crippen molar-refractivity contribution in [3.05, 3.63) is 34.9 Å². The average molecular weight is 158 g/mol. The van der Waals surface area contributed by atoms with Gasteiger partial charge in [0.2, 0.25) is 0 Å². The summed E-state index contributed by atoms with van der Waals surface area (Å²) in [5, 5.41) is 0. The van der Waals surface area contributed by atoms with E-state index in [1.165, 1.54) is 16.7 Å². The van der Waals surface area contributed by atoms with Gasteiger partial charge in [-0.05, 0) is 26.3 Å². The molecule has 1 aromatic carbocycles. The van der Waals surface area contributed by atoms with E-state index in [-0.39, 0.29) is 5.92 Å². The molecule has 0 heteroatoms. The third-order valence-electron chi connectivity index (χ3n) is 1.99. The number of aryl methyl sites for hydroxylation is 2. The molecule has 62 valence electrons. The van der Waals surface area contributed by atoms with Crippen LogP contribution in [0.15, 0.2) is 18.2 Å². The van der Waals surface area contributed by atoms with Gasteiger partial charge in [0.25, 0.3) is 0 Å². The minimum absolute atomic E-state index is 0.226. The Morgan fingerprint density at radius 1 is 1.17 bits per heavy atom. The van der Waals surface area contributed by atoms with Gasteiger partial charge < -0.3 is 0 Å². The Labute approximate surface area is 74.6 Å². The molecule has 0 spiro atoms. The normalized spacial score (nSPS) is 12.2. The van der Waals surface area contributed by atoms with E-state index in [0.29, 0.717) is 0 Å². The number of terminal acetylenes is 1. The Bertz CT molecular complexity index is 295. The molecule has 0 aliphatic rings. The Morgan fingerprint density at radius 3 is 2.08 bits per heavy atom. The van der Waals surface area contributed by atoms with Crippen molar-refractivity contribution in [3.63, 3.8) is 0 Å². The molecule has 0 heterocycles. The van der Waals surface area contributed by atoms with Crippen LogP contribution in [-0.2, 0) is 0 Å². The van der Waals surface area contributed by atoms with Gasteiger partial charge in [-0.1, -0.05) is 35.2 Å². The molecule has 0 aromatic heterocycles. The average Bonchev–Trinajstić information content (AvgIpc) is 2.01. The van der Waals surface area contributed by atoms with Crippen LogP contribution in [0.4, 0.5) is 0 Å². The van der Waals surface area contributed by atoms with Crippen LogP contribution in [0.1, 0.15) is 29.5 Å². The Morgan fingerprint density at radius 2 is 1.67 bits per heavy atom. The largest absolute Gasteiger partial charge is 0.119 e. The fourth-order valence-corrected chi connectivity index (χ4v) is 1.36. The molecule has 0 radical (unpaired) electrons. The zero-order valence-electron chi connectivity index (χ0n) is 7.89. The summed E-state index contributed by atoms with van der Waals surface area (Å²) in [6.07, 6.45) is 5.35. The zero-order chi connectivity index (χ0) is 9.14. The van der Waals surface area contributed by atoms with E-state index in [4.69, 9.17) is 6.42 Å². The van der Waals surface area contributed by atoms with Gasteiger partial charge in [0.1, 0.15) is 0 Å². The van der Waals surface area contributed by atoms with Crippen molar-refractivity contribution in [2.45, 2.75) is 26.7 Å². The molecular weight excluding hydrogens is 144 g/mol. The van der Waals surface area contributed by atoms with E-state index in [1.807, 2.05) is 6.92 Å². The van der Waals surface area contributed by atoms with Gasteiger partial charge in [-0.3, -0.25) is 0 Å². The summed E-state index contributed by atoms with van der Waals surface area (Å²) < 4.78 is 0. The summed E-state index contributed by atoms with van der Waals surface area (Å²) in [7, 11) is 0. The van der Waals surface area contributed by atoms with E-state index >= 15 is 0 Å². The maximum atomic E-state index is 5.35. The SMILES string of the molecule is C#CC(C)c1cc(C)cc(C)c1. The van der Waals surface area contributed by atoms with Crippen molar-refractivity contribution >= 4 is 0 Å². The van der Waals surface area contributed by atoms with Crippen molar-refractivity contribution < 1.29 is 0 Å². The first kappa shape index (κ1) is 8.87. The lowest BCUT2D eigenvalue weighted by atomic mass is 9.98. The fraction of sp³-hybridized carbons (Fsp3) is 0.333. The van der Waals surface area contributed by atoms with Gasteiger partial charge >= 0.3 is 0 Å². The predicted octanol–water partition coefficient (Wildman–Crippen LogP) is 3.04. The molecule has 12 heavy (non-hydrogen) atoms. The van der Waals surface area contributed by atoms with Gasteiger partial charge in [0.15, 0.2) is 0 Å². The zero-order valence-corrected chi connectivity index (χ0v) is 7.89. The van der Waals surface area contributed by atoms with E-state index in [9.17, 15) is 0 Å². The first-order valence-corrected chi connectivity index (χ1v) is 4.18. The molecule has 0 aliphatic carbocycles. The molecule has 1 rings (SSSR count). The number of hydrogen-bond acceptors (Lipinski definition) is 0. The first-order chi connectivity index (χ1) is 5.63. The summed E-state index contributed by atoms with van der Waals surface area (Å²) in [5.41, 5.74) is 3.81. The van der Waals surface area contributed by atoms with Gasteiger partial charge in [-0.25, -0.2) is 0 Å². The van der Waals surface area contributed by atoms with Crippen LogP contribution in [0.2, 0.25) is 0 Å². The van der Waals surface area contributed by atoms with Crippen LogP contribution in [0.25, 0.3) is 0 Å². The highest BCUT2D eigenvalue weighted by Gasteiger charge is 2.01. The molecule has 0 bridgehead atoms. The van der Waals surface area contributed by atoms with Gasteiger partial charge in [-0.2, -0.15) is 0 Å². The highest BCUT2D eigenvalue weighted by Crippen LogP contribution is 2.17. The minimum atomic E-state index is 0.226. The quantitative estimate of drug-likeness (QED) is 0.551. The Kier molecular flexibility index (Phi) is 2.55. The van der Waals surface area contributed by atoms with Gasteiger partial charge in [0, 0.05) is 5.92 Å². The molecule has 0 saturated heterocycles. The molecule has 0 saturated carbocycles. The van der Waals surface area contributed by atoms with Gasteiger partial charge in [0.05, 0.1) is 0 Å². The number of benzene rings is 1. The third kappa shape index (κ3) is 1.89. The molecule has 0 N–H and O–H groups in total. The fourth-order valence-electron chi connectivity index (χ4n) is 1.36. The lowest BCUT2D eigenvalue weighted by Gasteiger charge is -2.06. The second-order valence-electron chi connectivity index (χ2n) is 3.31. The van der Waals surface area contributed by atoms with E-state index in [0.717, 1.165) is 0 Å². The number of rotatable bonds is 1. The summed E-state index contributed by atoms with van der Waals surface area (Å²) in [4.78, 5) is 0. The van der Waals surface area contributed by atoms with Crippen molar-refractivity contribution in [1.29, 1.82) is 0 Å². The van der Waals surface area contributed by atoms with Gasteiger partial charge in [-0.15, -0.1) is 6.42 Å². The second-order valence-corrected chi connectivity index (χ2v) is 3.31. The molecular formula is C12H14. The van der Waals surface area contributed by atoms with Crippen molar-refractivity contribution in [1.82, 2.24) is 0 Å². The van der Waals surface area contributed by atoms with Crippen LogP contribution >= 0.6 is 0 Å². The topological polar surface area (TPSA) is 0 Å². The molecule has 1 unspecified atom stereocenters. The summed E-state index contributed by atoms with van der Waals surface area (Å²) in [5.74, 6) is 2.96. The monoisotopic (exact) mass is 158 g/mol. The molecule has 0 fully saturated rings. The number of hydrogen-bond donors (Lipinski definition) is 0. The summed E-state index contributed by atoms with van der Waals surface area (Å²) in [6.45, 7) is 6.24. The first-order valence-electron chi connectivity index (χ1n) is 4.18. The Hall–Kier alpha value is -1.22. The van der Waals surface area contributed by atoms with E-state index in [2.05, 4.69) is 38.0 Å². The highest BCUT2D eigenvalue weighted by atomic mass is 14.1. The predicted molar refractivity (Wildman–Crippen MR) is 53.2 cm³/mol. The van der Waals surface area contributed by atoms with Crippen molar-refractivity contribution in [2.75, 3.05) is 0 Å². The highest BCUT2D eigenvalue weighted by molar-refractivity contribution is 5.33. The molecule has 0 aliphatic heterocycles. The lowest BCUT2D eigenvalue weighted by Crippen LogP contribution is -1.91. The molecule has 0 nitrogen and oxygen atoms in total. The summed E-state index contributed by atoms with van der Waals surface area (Å²) in [6, 6.07) is 6.46. The Balaban J connectivity index is 3.10. The lowest BCUT2D eigenvalue weighted by molar-refractivity contribution is 0.998. The molecule has 0 amide bonds. The van der Waals surface area contributed by atoms with Crippen LogP contribution in [0.3, 0.4) is 0 Å². The standard InChI is InChI=1S/C12H14/c1-5-11(4)12-7-9(2)6-10(3)8-12/h1,6-8,11H,2-4H3. The van der Waals surface area contributed by atoms with Crippen LogP contribution < -0.4 is 0 Å². The van der Waals surface area contributed by atoms with E-state index in [1.54, 1.807) is 0 Å². The third-order valence-corrected chi connectivity index (χ3v) is 1.99. The van der Waals surface area contributed by atoms with Crippen LogP contribution in [0.5, 0.6) is 0 Å². The van der Waals surface area contributed by atoms with E-state index < -0.39 is 0 Å². The molecule has 1 aromatic rings.